The molecule has 1 aliphatic heterocycles. The molecule has 126 valence electrons. The molecule has 0 unspecified atom stereocenters. The van der Waals surface area contributed by atoms with Crippen LogP contribution < -0.4 is 14.9 Å². The van der Waals surface area contributed by atoms with Gasteiger partial charge in [0.15, 0.2) is 17.3 Å². The summed E-state index contributed by atoms with van der Waals surface area (Å²) in [6, 6.07) is 6.31. The molecule has 2 aromatic rings. The number of fused-ring (bicyclic) bond motifs is 1. The summed E-state index contributed by atoms with van der Waals surface area (Å²) in [5, 5.41) is 10.1. The number of aryl methyl sites for hydroxylation is 1. The van der Waals surface area contributed by atoms with Gasteiger partial charge in [0, 0.05) is 6.07 Å². The molecule has 0 radical (unpaired) electrons. The van der Waals surface area contributed by atoms with E-state index in [9.17, 15) is 14.7 Å². The van der Waals surface area contributed by atoms with E-state index >= 15 is 0 Å². The average Bonchev–Trinajstić information content (AvgIpc) is 3.03. The first kappa shape index (κ1) is 15.9. The highest BCUT2D eigenvalue weighted by Crippen LogP contribution is 2.39. The lowest BCUT2D eigenvalue weighted by molar-refractivity contribution is -0.140. The van der Waals surface area contributed by atoms with E-state index in [1.54, 1.807) is 25.1 Å². The van der Waals surface area contributed by atoms with Gasteiger partial charge in [-0.1, -0.05) is 6.07 Å². The standard InChI is InChI=1S/C17H16O7/c1-9-5-12(18)16(20)17(24-9)11(7-15(19)21-2)10-3-4-13-14(6-10)23-8-22-13/h3-6,11,20H,7-8H2,1-2H3/t11-/m1/s1. The van der Waals surface area contributed by atoms with Gasteiger partial charge < -0.3 is 23.7 Å². The van der Waals surface area contributed by atoms with Crippen LogP contribution in [-0.2, 0) is 9.53 Å². The molecule has 1 atom stereocenters. The molecule has 2 heterocycles. The molecule has 1 aliphatic rings. The third kappa shape index (κ3) is 2.92. The van der Waals surface area contributed by atoms with Crippen LogP contribution in [0.1, 0.15) is 29.4 Å². The van der Waals surface area contributed by atoms with Crippen molar-refractivity contribution in [2.24, 2.45) is 0 Å². The van der Waals surface area contributed by atoms with E-state index in [1.807, 2.05) is 0 Å². The molecule has 3 rings (SSSR count). The van der Waals surface area contributed by atoms with Crippen molar-refractivity contribution in [1.82, 2.24) is 0 Å². The average molecular weight is 332 g/mol. The number of ether oxygens (including phenoxy) is 3. The first-order chi connectivity index (χ1) is 11.5. The van der Waals surface area contributed by atoms with Crippen LogP contribution in [0.2, 0.25) is 0 Å². The van der Waals surface area contributed by atoms with Crippen molar-refractivity contribution in [2.75, 3.05) is 13.9 Å². The van der Waals surface area contributed by atoms with Crippen molar-refractivity contribution in [3.05, 3.63) is 51.6 Å². The molecule has 24 heavy (non-hydrogen) atoms. The smallest absolute Gasteiger partial charge is 0.306 e. The fourth-order valence-corrected chi connectivity index (χ4v) is 2.60. The van der Waals surface area contributed by atoms with Gasteiger partial charge in [-0.15, -0.1) is 0 Å². The van der Waals surface area contributed by atoms with E-state index in [0.717, 1.165) is 0 Å². The summed E-state index contributed by atoms with van der Waals surface area (Å²) in [4.78, 5) is 23.7. The second-order valence-corrected chi connectivity index (χ2v) is 5.38. The van der Waals surface area contributed by atoms with E-state index in [4.69, 9.17) is 18.6 Å². The van der Waals surface area contributed by atoms with E-state index in [2.05, 4.69) is 0 Å². The Bertz CT molecular complexity index is 837. The third-order valence-electron chi connectivity index (χ3n) is 3.79. The number of hydrogen-bond acceptors (Lipinski definition) is 7. The fraction of sp³-hybridized carbons (Fsp3) is 0.294. The van der Waals surface area contributed by atoms with Crippen LogP contribution in [0.5, 0.6) is 17.2 Å². The van der Waals surface area contributed by atoms with Crippen LogP contribution in [0.4, 0.5) is 0 Å². The van der Waals surface area contributed by atoms with Crippen molar-refractivity contribution in [3.8, 4) is 17.2 Å². The van der Waals surface area contributed by atoms with Gasteiger partial charge in [0.1, 0.15) is 5.76 Å². The minimum atomic E-state index is -0.695. The predicted molar refractivity (Wildman–Crippen MR) is 82.4 cm³/mol. The SMILES string of the molecule is COC(=O)C[C@H](c1ccc2c(c1)OCO2)c1oc(C)cc(=O)c1O. The monoisotopic (exact) mass is 332 g/mol. The van der Waals surface area contributed by atoms with Crippen LogP contribution in [-0.4, -0.2) is 25.0 Å². The molecule has 0 bridgehead atoms. The summed E-state index contributed by atoms with van der Waals surface area (Å²) in [6.07, 6.45) is -0.101. The molecule has 0 saturated carbocycles. The maximum Gasteiger partial charge on any atom is 0.306 e. The zero-order valence-electron chi connectivity index (χ0n) is 13.2. The van der Waals surface area contributed by atoms with Gasteiger partial charge in [-0.3, -0.25) is 9.59 Å². The Kier molecular flexibility index (Phi) is 4.16. The van der Waals surface area contributed by atoms with Gasteiger partial charge >= 0.3 is 5.97 Å². The highest BCUT2D eigenvalue weighted by Gasteiger charge is 2.27. The molecule has 0 aliphatic carbocycles. The van der Waals surface area contributed by atoms with Gasteiger partial charge in [0.05, 0.1) is 19.4 Å². The van der Waals surface area contributed by atoms with Crippen molar-refractivity contribution in [2.45, 2.75) is 19.3 Å². The van der Waals surface area contributed by atoms with Crippen LogP contribution in [0.15, 0.2) is 33.5 Å². The lowest BCUT2D eigenvalue weighted by Gasteiger charge is -2.17. The molecule has 1 N–H and O–H groups in total. The Morgan fingerprint density at radius 2 is 2.04 bits per heavy atom. The van der Waals surface area contributed by atoms with E-state index in [0.29, 0.717) is 22.8 Å². The number of aromatic hydroxyl groups is 1. The normalized spacial score (nSPS) is 13.6. The molecular weight excluding hydrogens is 316 g/mol. The summed E-state index contributed by atoms with van der Waals surface area (Å²) in [6.45, 7) is 1.71. The molecule has 0 fully saturated rings. The molecule has 0 spiro atoms. The number of rotatable bonds is 4. The topological polar surface area (TPSA) is 95.2 Å². The number of benzene rings is 1. The summed E-state index contributed by atoms with van der Waals surface area (Å²) < 4.78 is 20.9. The molecule has 7 nitrogen and oxygen atoms in total. The summed E-state index contributed by atoms with van der Waals surface area (Å²) in [5.74, 6) is -0.247. The quantitative estimate of drug-likeness (QED) is 0.856. The van der Waals surface area contributed by atoms with Crippen LogP contribution in [0, 0.1) is 6.92 Å². The zero-order chi connectivity index (χ0) is 17.3. The predicted octanol–water partition coefficient (Wildman–Crippen LogP) is 2.08. The number of methoxy groups -OCH3 is 1. The number of hydrogen-bond donors (Lipinski definition) is 1. The lowest BCUT2D eigenvalue weighted by Crippen LogP contribution is -2.13. The molecule has 7 heteroatoms. The summed E-state index contributed by atoms with van der Waals surface area (Å²) in [5.41, 5.74) is 0.0676. The number of carbonyl (C=O) groups is 1. The first-order valence-electron chi connectivity index (χ1n) is 7.29. The van der Waals surface area contributed by atoms with E-state index in [1.165, 1.54) is 13.2 Å². The van der Waals surface area contributed by atoms with Crippen molar-refractivity contribution < 1.29 is 28.5 Å². The van der Waals surface area contributed by atoms with Crippen LogP contribution in [0.3, 0.4) is 0 Å². The summed E-state index contributed by atoms with van der Waals surface area (Å²) >= 11 is 0. The van der Waals surface area contributed by atoms with Crippen LogP contribution >= 0.6 is 0 Å². The Balaban J connectivity index is 2.10. The molecule has 1 aromatic heterocycles. The number of esters is 1. The molecular formula is C17H16O7. The van der Waals surface area contributed by atoms with Gasteiger partial charge in [-0.2, -0.15) is 0 Å². The maximum atomic E-state index is 11.9. The van der Waals surface area contributed by atoms with E-state index in [-0.39, 0.29) is 19.0 Å². The minimum absolute atomic E-state index is 0.0178. The van der Waals surface area contributed by atoms with Gasteiger partial charge in [0.25, 0.3) is 0 Å². The highest BCUT2D eigenvalue weighted by atomic mass is 16.7. The Labute approximate surface area is 137 Å². The second kappa shape index (κ2) is 6.27. The second-order valence-electron chi connectivity index (χ2n) is 5.38. The largest absolute Gasteiger partial charge is 0.502 e. The van der Waals surface area contributed by atoms with Crippen molar-refractivity contribution in [3.63, 3.8) is 0 Å². The first-order valence-corrected chi connectivity index (χ1v) is 7.29. The zero-order valence-corrected chi connectivity index (χ0v) is 13.2. The van der Waals surface area contributed by atoms with Gasteiger partial charge in [-0.05, 0) is 24.6 Å². The summed E-state index contributed by atoms with van der Waals surface area (Å²) in [7, 11) is 1.27. The lowest BCUT2D eigenvalue weighted by atomic mass is 9.92. The van der Waals surface area contributed by atoms with Crippen molar-refractivity contribution >= 4 is 5.97 Å². The Morgan fingerprint density at radius 3 is 2.79 bits per heavy atom. The van der Waals surface area contributed by atoms with Crippen molar-refractivity contribution in [1.29, 1.82) is 0 Å². The van der Waals surface area contributed by atoms with E-state index < -0.39 is 23.1 Å². The molecule has 0 saturated heterocycles. The molecule has 0 amide bonds. The molecule has 1 aromatic carbocycles. The van der Waals surface area contributed by atoms with Crippen LogP contribution in [0.25, 0.3) is 0 Å². The minimum Gasteiger partial charge on any atom is -0.502 e. The van der Waals surface area contributed by atoms with Gasteiger partial charge in [0.2, 0.25) is 18.0 Å². The Hall–Kier alpha value is -2.96. The third-order valence-corrected chi connectivity index (χ3v) is 3.79. The number of carbonyl (C=O) groups excluding carboxylic acids is 1. The fourth-order valence-electron chi connectivity index (χ4n) is 2.60. The maximum absolute atomic E-state index is 11.9. The van der Waals surface area contributed by atoms with Gasteiger partial charge in [-0.25, -0.2) is 0 Å². The Morgan fingerprint density at radius 1 is 1.29 bits per heavy atom. The highest BCUT2D eigenvalue weighted by molar-refractivity contribution is 5.71.